The van der Waals surface area contributed by atoms with Crippen molar-refractivity contribution in [2.45, 2.75) is 44.9 Å². The number of nitrogens with zero attached hydrogens (tertiary/aromatic N) is 2. The Morgan fingerprint density at radius 3 is 2.95 bits per heavy atom. The van der Waals surface area contributed by atoms with Crippen LogP contribution >= 0.6 is 11.6 Å². The van der Waals surface area contributed by atoms with Crippen LogP contribution in [0.5, 0.6) is 0 Å². The van der Waals surface area contributed by atoms with Gasteiger partial charge in [0.15, 0.2) is 0 Å². The van der Waals surface area contributed by atoms with E-state index < -0.39 is 0 Å². The maximum absolute atomic E-state index is 12.2. The number of likely N-dealkylation sites (tertiary alicyclic amines) is 1. The highest BCUT2D eigenvalue weighted by Gasteiger charge is 2.47. The molecule has 2 aliphatic rings. The number of aliphatic hydroxyl groups is 1. The van der Waals surface area contributed by atoms with Gasteiger partial charge in [0.05, 0.1) is 16.7 Å². The highest BCUT2D eigenvalue weighted by Crippen LogP contribution is 2.40. The summed E-state index contributed by atoms with van der Waals surface area (Å²) in [5, 5.41) is 19.6. The maximum atomic E-state index is 12.2. The third-order valence-corrected chi connectivity index (χ3v) is 5.17. The van der Waals surface area contributed by atoms with Crippen LogP contribution in [0, 0.1) is 24.2 Å². The number of fused-ring (bicyclic) bond motifs is 1. The zero-order chi connectivity index (χ0) is 15.1. The maximum Gasteiger partial charge on any atom is 0.223 e. The fourth-order valence-corrected chi connectivity index (χ4v) is 3.86. The predicted octanol–water partition coefficient (Wildman–Crippen LogP) is 2.39. The van der Waals surface area contributed by atoms with E-state index in [0.29, 0.717) is 23.6 Å². The molecule has 1 amide bonds. The van der Waals surface area contributed by atoms with Crippen molar-refractivity contribution in [2.24, 2.45) is 5.92 Å². The highest BCUT2D eigenvalue weighted by atomic mass is 35.5. The number of halogens is 1. The SMILES string of the molecule is Cc1c(CN2C(=O)CC3C(O)CC[C@@H]32)ccc(Cl)c1C#N. The van der Waals surface area contributed by atoms with Gasteiger partial charge in [-0.15, -0.1) is 0 Å². The van der Waals surface area contributed by atoms with Gasteiger partial charge in [-0.25, -0.2) is 0 Å². The third kappa shape index (κ3) is 2.31. The molecule has 1 saturated carbocycles. The van der Waals surface area contributed by atoms with Gasteiger partial charge in [-0.2, -0.15) is 5.26 Å². The van der Waals surface area contributed by atoms with E-state index >= 15 is 0 Å². The molecule has 1 aliphatic heterocycles. The largest absolute Gasteiger partial charge is 0.393 e. The quantitative estimate of drug-likeness (QED) is 0.912. The molecular formula is C16H17ClN2O2. The Morgan fingerprint density at radius 2 is 2.24 bits per heavy atom. The van der Waals surface area contributed by atoms with Crippen LogP contribution in [0.15, 0.2) is 12.1 Å². The fraction of sp³-hybridized carbons (Fsp3) is 0.500. The van der Waals surface area contributed by atoms with E-state index in [0.717, 1.165) is 24.0 Å². The molecule has 1 saturated heterocycles. The van der Waals surface area contributed by atoms with E-state index in [9.17, 15) is 15.2 Å². The van der Waals surface area contributed by atoms with E-state index in [-0.39, 0.29) is 24.0 Å². The van der Waals surface area contributed by atoms with Gasteiger partial charge in [-0.3, -0.25) is 4.79 Å². The zero-order valence-electron chi connectivity index (χ0n) is 11.8. The first kappa shape index (κ1) is 14.4. The molecule has 21 heavy (non-hydrogen) atoms. The van der Waals surface area contributed by atoms with Gasteiger partial charge in [-0.05, 0) is 37.0 Å². The fourth-order valence-electron chi connectivity index (χ4n) is 3.61. The second kappa shape index (κ2) is 5.32. The van der Waals surface area contributed by atoms with Crippen LogP contribution in [-0.2, 0) is 11.3 Å². The number of carbonyl (C=O) groups is 1. The molecule has 1 N–H and O–H groups in total. The topological polar surface area (TPSA) is 64.3 Å². The van der Waals surface area contributed by atoms with Gasteiger partial charge in [0.1, 0.15) is 6.07 Å². The summed E-state index contributed by atoms with van der Waals surface area (Å²) in [7, 11) is 0. The minimum atomic E-state index is -0.357. The van der Waals surface area contributed by atoms with Gasteiger partial charge in [0.2, 0.25) is 5.91 Å². The van der Waals surface area contributed by atoms with Crippen LogP contribution in [0.4, 0.5) is 0 Å². The van der Waals surface area contributed by atoms with Crippen molar-refractivity contribution in [3.63, 3.8) is 0 Å². The van der Waals surface area contributed by atoms with Crippen molar-refractivity contribution < 1.29 is 9.90 Å². The molecule has 110 valence electrons. The molecule has 5 heteroatoms. The molecule has 2 fully saturated rings. The summed E-state index contributed by atoms with van der Waals surface area (Å²) < 4.78 is 0. The third-order valence-electron chi connectivity index (χ3n) is 4.86. The molecule has 1 aromatic carbocycles. The summed E-state index contributed by atoms with van der Waals surface area (Å²) in [5.41, 5.74) is 2.26. The molecule has 3 rings (SSSR count). The molecular weight excluding hydrogens is 288 g/mol. The molecule has 3 atom stereocenters. The first-order chi connectivity index (χ1) is 10.0. The number of nitriles is 1. The molecule has 0 spiro atoms. The Balaban J connectivity index is 1.88. The molecule has 0 aromatic heterocycles. The monoisotopic (exact) mass is 304 g/mol. The number of benzene rings is 1. The predicted molar refractivity (Wildman–Crippen MR) is 78.6 cm³/mol. The lowest BCUT2D eigenvalue weighted by Gasteiger charge is -2.25. The number of rotatable bonds is 2. The Morgan fingerprint density at radius 1 is 1.48 bits per heavy atom. The van der Waals surface area contributed by atoms with Crippen molar-refractivity contribution in [3.05, 3.63) is 33.8 Å². The van der Waals surface area contributed by atoms with Crippen LogP contribution < -0.4 is 0 Å². The smallest absolute Gasteiger partial charge is 0.223 e. The summed E-state index contributed by atoms with van der Waals surface area (Å²) in [5.74, 6) is 0.164. The van der Waals surface area contributed by atoms with Crippen LogP contribution in [-0.4, -0.2) is 28.1 Å². The van der Waals surface area contributed by atoms with Crippen molar-refractivity contribution >= 4 is 17.5 Å². The van der Waals surface area contributed by atoms with Crippen molar-refractivity contribution in [2.75, 3.05) is 0 Å². The van der Waals surface area contributed by atoms with Crippen molar-refractivity contribution in [3.8, 4) is 6.07 Å². The average Bonchev–Trinajstić information content (AvgIpc) is 2.95. The molecule has 2 unspecified atom stereocenters. The molecule has 0 bridgehead atoms. The standard InChI is InChI=1S/C16H17ClN2O2/c1-9-10(2-3-13(17)12(9)7-18)8-19-14-4-5-15(20)11(14)6-16(19)21/h2-3,11,14-15,20H,4-6,8H2,1H3/t11?,14-,15?/m0/s1. The summed E-state index contributed by atoms with van der Waals surface area (Å²) in [6.45, 7) is 2.35. The minimum absolute atomic E-state index is 0.0699. The lowest BCUT2D eigenvalue weighted by molar-refractivity contribution is -0.129. The summed E-state index contributed by atoms with van der Waals surface area (Å²) >= 11 is 6.02. The van der Waals surface area contributed by atoms with Gasteiger partial charge in [0.25, 0.3) is 0 Å². The lowest BCUT2D eigenvalue weighted by atomic mass is 10.0. The van der Waals surface area contributed by atoms with E-state index in [4.69, 9.17) is 11.6 Å². The molecule has 0 radical (unpaired) electrons. The number of hydrogen-bond donors (Lipinski definition) is 1. The second-order valence-electron chi connectivity index (χ2n) is 5.92. The van der Waals surface area contributed by atoms with E-state index in [2.05, 4.69) is 6.07 Å². The number of hydrogen-bond acceptors (Lipinski definition) is 3. The van der Waals surface area contributed by atoms with Gasteiger partial charge in [-0.1, -0.05) is 17.7 Å². The molecule has 1 aromatic rings. The Hall–Kier alpha value is -1.57. The number of carbonyl (C=O) groups excluding carboxylic acids is 1. The summed E-state index contributed by atoms with van der Waals surface area (Å²) in [6, 6.07) is 5.84. The van der Waals surface area contributed by atoms with E-state index in [1.807, 2.05) is 17.9 Å². The van der Waals surface area contributed by atoms with Gasteiger partial charge >= 0.3 is 0 Å². The number of aliphatic hydroxyl groups excluding tert-OH is 1. The Labute approximate surface area is 128 Å². The van der Waals surface area contributed by atoms with Gasteiger partial charge in [0, 0.05) is 24.9 Å². The number of amides is 1. The van der Waals surface area contributed by atoms with Crippen molar-refractivity contribution in [1.82, 2.24) is 4.90 Å². The normalized spacial score (nSPS) is 27.8. The van der Waals surface area contributed by atoms with Crippen LogP contribution in [0.2, 0.25) is 5.02 Å². The van der Waals surface area contributed by atoms with E-state index in [1.165, 1.54) is 0 Å². The molecule has 1 aliphatic carbocycles. The highest BCUT2D eigenvalue weighted by molar-refractivity contribution is 6.31. The average molecular weight is 305 g/mol. The Bertz CT molecular complexity index is 638. The van der Waals surface area contributed by atoms with Gasteiger partial charge < -0.3 is 10.0 Å². The second-order valence-corrected chi connectivity index (χ2v) is 6.33. The molecule has 1 heterocycles. The minimum Gasteiger partial charge on any atom is -0.393 e. The van der Waals surface area contributed by atoms with E-state index in [1.54, 1.807) is 6.07 Å². The van der Waals surface area contributed by atoms with Crippen molar-refractivity contribution in [1.29, 1.82) is 5.26 Å². The first-order valence-corrected chi connectivity index (χ1v) is 7.56. The summed E-state index contributed by atoms with van der Waals surface area (Å²) in [6.07, 6.45) is 1.70. The van der Waals surface area contributed by atoms with Crippen LogP contribution in [0.1, 0.15) is 36.0 Å². The lowest BCUT2D eigenvalue weighted by Crippen LogP contribution is -2.33. The summed E-state index contributed by atoms with van der Waals surface area (Å²) in [4.78, 5) is 14.1. The Kier molecular flexibility index (Phi) is 3.64. The molecule has 4 nitrogen and oxygen atoms in total. The van der Waals surface area contributed by atoms with Crippen LogP contribution in [0.25, 0.3) is 0 Å². The zero-order valence-corrected chi connectivity index (χ0v) is 12.6. The van der Waals surface area contributed by atoms with Crippen LogP contribution in [0.3, 0.4) is 0 Å². The first-order valence-electron chi connectivity index (χ1n) is 7.18.